The van der Waals surface area contributed by atoms with Gasteiger partial charge in [0.2, 0.25) is 5.91 Å². The summed E-state index contributed by atoms with van der Waals surface area (Å²) in [4.78, 5) is 14.5. The number of allylic oxidation sites excluding steroid dienone is 1. The number of rotatable bonds is 5. The molecule has 122 valence electrons. The second-order valence-electron chi connectivity index (χ2n) is 6.05. The van der Waals surface area contributed by atoms with Crippen molar-refractivity contribution in [2.75, 3.05) is 19.6 Å². The zero-order valence-corrected chi connectivity index (χ0v) is 14.0. The van der Waals surface area contributed by atoms with Gasteiger partial charge in [-0.25, -0.2) is 0 Å². The molecule has 1 aromatic carbocycles. The van der Waals surface area contributed by atoms with Gasteiger partial charge < -0.3 is 15.2 Å². The van der Waals surface area contributed by atoms with Gasteiger partial charge in [0.15, 0.2) is 0 Å². The molecule has 2 N–H and O–H groups in total. The Labute approximate surface area is 137 Å². The minimum atomic E-state index is -0.235. The summed E-state index contributed by atoms with van der Waals surface area (Å²) >= 11 is 0. The fourth-order valence-corrected chi connectivity index (χ4v) is 3.51. The van der Waals surface area contributed by atoms with Crippen molar-refractivity contribution >= 4 is 22.4 Å². The Morgan fingerprint density at radius 1 is 1.35 bits per heavy atom. The van der Waals surface area contributed by atoms with Crippen molar-refractivity contribution in [3.8, 4) is 0 Å². The maximum absolute atomic E-state index is 12.6. The van der Waals surface area contributed by atoms with Crippen molar-refractivity contribution in [1.29, 1.82) is 0 Å². The van der Waals surface area contributed by atoms with Gasteiger partial charge in [-0.3, -0.25) is 4.79 Å². The first-order valence-corrected chi connectivity index (χ1v) is 8.47. The van der Waals surface area contributed by atoms with E-state index in [-0.39, 0.29) is 11.8 Å². The zero-order valence-electron chi connectivity index (χ0n) is 14.0. The van der Waals surface area contributed by atoms with E-state index in [1.165, 1.54) is 22.0 Å². The highest BCUT2D eigenvalue weighted by molar-refractivity contribution is 5.94. The maximum atomic E-state index is 12.6. The number of benzene rings is 1. The number of aryl methyl sites for hydroxylation is 1. The first-order valence-electron chi connectivity index (χ1n) is 8.47. The molecule has 2 aromatic rings. The Morgan fingerprint density at radius 2 is 2.13 bits per heavy atom. The number of hydrogen-bond acceptors (Lipinski definition) is 2. The van der Waals surface area contributed by atoms with E-state index in [0.717, 1.165) is 26.1 Å². The van der Waals surface area contributed by atoms with E-state index in [2.05, 4.69) is 41.1 Å². The van der Waals surface area contributed by atoms with Crippen LogP contribution in [0.25, 0.3) is 16.5 Å². The van der Waals surface area contributed by atoms with Crippen molar-refractivity contribution in [2.45, 2.75) is 26.8 Å². The number of amides is 1. The van der Waals surface area contributed by atoms with Gasteiger partial charge in [0, 0.05) is 43.3 Å². The predicted molar refractivity (Wildman–Crippen MR) is 95.0 cm³/mol. The Kier molecular flexibility index (Phi) is 4.53. The quantitative estimate of drug-likeness (QED) is 0.923. The standard InChI is InChI=1S/C19H25N3O/c1-3-21(4-2)19(23)16(13-20)12-15-9-11-22-10-8-14-6-5-7-17(15)18(14)22/h5-8,10,12,16H,3-4,9,11,13,20H2,1-2H3/b15-12+. The molecule has 1 aliphatic rings. The van der Waals surface area contributed by atoms with E-state index >= 15 is 0 Å². The molecule has 0 saturated heterocycles. The molecule has 3 rings (SSSR count). The van der Waals surface area contributed by atoms with Crippen LogP contribution in [-0.2, 0) is 11.3 Å². The number of hydrogen-bond donors (Lipinski definition) is 1. The third-order valence-electron chi connectivity index (χ3n) is 4.81. The van der Waals surface area contributed by atoms with Gasteiger partial charge in [-0.2, -0.15) is 0 Å². The van der Waals surface area contributed by atoms with Crippen molar-refractivity contribution in [3.63, 3.8) is 0 Å². The summed E-state index contributed by atoms with van der Waals surface area (Å²) in [6.07, 6.45) is 5.20. The van der Waals surface area contributed by atoms with Crippen LogP contribution in [0.1, 0.15) is 25.8 Å². The summed E-state index contributed by atoms with van der Waals surface area (Å²) in [6, 6.07) is 8.53. The minimum Gasteiger partial charge on any atom is -0.347 e. The van der Waals surface area contributed by atoms with Gasteiger partial charge in [-0.05, 0) is 31.9 Å². The SMILES string of the molecule is CCN(CC)C(=O)C(/C=C1\CCn2ccc3cccc1c32)CN. The molecule has 1 amide bonds. The number of para-hydroxylation sites is 1. The second-order valence-corrected chi connectivity index (χ2v) is 6.05. The van der Waals surface area contributed by atoms with Crippen LogP contribution in [0, 0.1) is 5.92 Å². The lowest BCUT2D eigenvalue weighted by atomic mass is 9.93. The molecule has 0 aliphatic carbocycles. The normalized spacial score (nSPS) is 16.7. The van der Waals surface area contributed by atoms with E-state index in [0.29, 0.717) is 6.54 Å². The van der Waals surface area contributed by atoms with Crippen LogP contribution in [0.2, 0.25) is 0 Å². The highest BCUT2D eigenvalue weighted by atomic mass is 16.2. The molecule has 0 spiro atoms. The molecule has 0 fully saturated rings. The third kappa shape index (κ3) is 2.79. The first kappa shape index (κ1) is 15.8. The van der Waals surface area contributed by atoms with Gasteiger partial charge in [0.05, 0.1) is 11.4 Å². The van der Waals surface area contributed by atoms with Gasteiger partial charge in [-0.1, -0.05) is 24.3 Å². The van der Waals surface area contributed by atoms with Crippen LogP contribution in [0.5, 0.6) is 0 Å². The van der Waals surface area contributed by atoms with Crippen LogP contribution < -0.4 is 5.73 Å². The summed E-state index contributed by atoms with van der Waals surface area (Å²) in [5.74, 6) is -0.0974. The molecular formula is C19H25N3O. The second kappa shape index (κ2) is 6.59. The summed E-state index contributed by atoms with van der Waals surface area (Å²) in [5.41, 5.74) is 9.68. The average Bonchev–Trinajstić information content (AvgIpc) is 3.00. The zero-order chi connectivity index (χ0) is 16.4. The Hall–Kier alpha value is -2.07. The smallest absolute Gasteiger partial charge is 0.230 e. The molecule has 1 unspecified atom stereocenters. The summed E-state index contributed by atoms with van der Waals surface area (Å²) in [6.45, 7) is 6.80. The van der Waals surface area contributed by atoms with E-state index in [1.807, 2.05) is 18.7 Å². The molecule has 0 radical (unpaired) electrons. The van der Waals surface area contributed by atoms with Gasteiger partial charge in [-0.15, -0.1) is 0 Å². The largest absolute Gasteiger partial charge is 0.347 e. The Bertz CT molecular complexity index is 740. The van der Waals surface area contributed by atoms with E-state index in [1.54, 1.807) is 0 Å². The van der Waals surface area contributed by atoms with Crippen LogP contribution in [0.3, 0.4) is 0 Å². The predicted octanol–water partition coefficient (Wildman–Crippen LogP) is 2.87. The summed E-state index contributed by atoms with van der Waals surface area (Å²) in [5, 5.41) is 1.26. The fourth-order valence-electron chi connectivity index (χ4n) is 3.51. The lowest BCUT2D eigenvalue weighted by Gasteiger charge is -2.25. The molecule has 1 aromatic heterocycles. The van der Waals surface area contributed by atoms with Crippen LogP contribution in [0.4, 0.5) is 0 Å². The highest BCUT2D eigenvalue weighted by Crippen LogP contribution is 2.33. The molecule has 4 nitrogen and oxygen atoms in total. The van der Waals surface area contributed by atoms with Crippen molar-refractivity contribution < 1.29 is 4.79 Å². The number of aromatic nitrogens is 1. The first-order chi connectivity index (χ1) is 11.2. The van der Waals surface area contributed by atoms with Gasteiger partial charge in [0.25, 0.3) is 0 Å². The van der Waals surface area contributed by atoms with Gasteiger partial charge >= 0.3 is 0 Å². The molecule has 23 heavy (non-hydrogen) atoms. The summed E-state index contributed by atoms with van der Waals surface area (Å²) in [7, 11) is 0. The molecular weight excluding hydrogens is 286 g/mol. The van der Waals surface area contributed by atoms with E-state index in [4.69, 9.17) is 5.73 Å². The fraction of sp³-hybridized carbons (Fsp3) is 0.421. The van der Waals surface area contributed by atoms with Gasteiger partial charge in [0.1, 0.15) is 0 Å². The average molecular weight is 311 g/mol. The van der Waals surface area contributed by atoms with E-state index in [9.17, 15) is 4.79 Å². The number of nitrogens with two attached hydrogens (primary N) is 1. The lowest BCUT2D eigenvalue weighted by molar-refractivity contribution is -0.133. The summed E-state index contributed by atoms with van der Waals surface area (Å²) < 4.78 is 2.30. The Morgan fingerprint density at radius 3 is 2.83 bits per heavy atom. The number of carbonyl (C=O) groups excluding carboxylic acids is 1. The van der Waals surface area contributed by atoms with E-state index < -0.39 is 0 Å². The topological polar surface area (TPSA) is 51.3 Å². The van der Waals surface area contributed by atoms with Crippen LogP contribution >= 0.6 is 0 Å². The molecule has 4 heteroatoms. The molecule has 0 bridgehead atoms. The number of nitrogens with zero attached hydrogens (tertiary/aromatic N) is 2. The maximum Gasteiger partial charge on any atom is 0.230 e. The number of carbonyl (C=O) groups is 1. The van der Waals surface area contributed by atoms with Crippen LogP contribution in [-0.4, -0.2) is 35.0 Å². The van der Waals surface area contributed by atoms with Crippen molar-refractivity contribution in [1.82, 2.24) is 9.47 Å². The minimum absolute atomic E-state index is 0.137. The third-order valence-corrected chi connectivity index (χ3v) is 4.81. The highest BCUT2D eigenvalue weighted by Gasteiger charge is 2.22. The molecule has 1 aliphatic heterocycles. The van der Waals surface area contributed by atoms with Crippen LogP contribution in [0.15, 0.2) is 36.5 Å². The molecule has 2 heterocycles. The monoisotopic (exact) mass is 311 g/mol. The lowest BCUT2D eigenvalue weighted by Crippen LogP contribution is -2.38. The molecule has 0 saturated carbocycles. The molecule has 1 atom stereocenters. The van der Waals surface area contributed by atoms with Crippen molar-refractivity contribution in [2.24, 2.45) is 11.7 Å². The van der Waals surface area contributed by atoms with Crippen molar-refractivity contribution in [3.05, 3.63) is 42.1 Å². The Balaban J connectivity index is 1.98.